The summed E-state index contributed by atoms with van der Waals surface area (Å²) < 4.78 is 12.8. The predicted molar refractivity (Wildman–Crippen MR) is 62.1 cm³/mol. The van der Waals surface area contributed by atoms with Crippen LogP contribution in [0, 0.1) is 11.7 Å². The number of halogens is 1. The number of amides is 1. The predicted octanol–water partition coefficient (Wildman–Crippen LogP) is 1.67. The van der Waals surface area contributed by atoms with Crippen LogP contribution in [0.3, 0.4) is 0 Å². The van der Waals surface area contributed by atoms with Crippen LogP contribution < -0.4 is 0 Å². The fourth-order valence-electron chi connectivity index (χ4n) is 2.17. The van der Waals surface area contributed by atoms with E-state index in [1.807, 2.05) is 0 Å². The Morgan fingerprint density at radius 2 is 2.12 bits per heavy atom. The number of benzene rings is 1. The Kier molecular flexibility index (Phi) is 3.74. The van der Waals surface area contributed by atoms with Crippen molar-refractivity contribution in [2.45, 2.75) is 12.8 Å². The summed E-state index contributed by atoms with van der Waals surface area (Å²) >= 11 is 0. The average molecular weight is 237 g/mol. The van der Waals surface area contributed by atoms with Crippen LogP contribution in [0.2, 0.25) is 0 Å². The van der Waals surface area contributed by atoms with Crippen LogP contribution in [0.5, 0.6) is 0 Å². The van der Waals surface area contributed by atoms with Gasteiger partial charge in [0.25, 0.3) is 5.91 Å². The van der Waals surface area contributed by atoms with Gasteiger partial charge in [0.1, 0.15) is 5.82 Å². The Bertz CT molecular complexity index is 391. The van der Waals surface area contributed by atoms with Crippen molar-refractivity contribution < 1.29 is 14.3 Å². The molecule has 0 unspecified atom stereocenters. The number of carbonyl (C=O) groups excluding carboxylic acids is 1. The first kappa shape index (κ1) is 12.0. The van der Waals surface area contributed by atoms with Crippen molar-refractivity contribution in [1.82, 2.24) is 4.90 Å². The zero-order chi connectivity index (χ0) is 12.3. The molecule has 0 aromatic heterocycles. The fourth-order valence-corrected chi connectivity index (χ4v) is 2.17. The minimum Gasteiger partial charge on any atom is -0.396 e. The number of hydrogen-bond acceptors (Lipinski definition) is 2. The molecule has 0 bridgehead atoms. The first-order valence-corrected chi connectivity index (χ1v) is 5.86. The Balaban J connectivity index is 2.06. The van der Waals surface area contributed by atoms with Crippen molar-refractivity contribution in [3.63, 3.8) is 0 Å². The maximum Gasteiger partial charge on any atom is 0.253 e. The lowest BCUT2D eigenvalue weighted by Crippen LogP contribution is -2.40. The maximum absolute atomic E-state index is 12.8. The topological polar surface area (TPSA) is 40.5 Å². The highest BCUT2D eigenvalue weighted by molar-refractivity contribution is 5.94. The SMILES string of the molecule is O=C(c1ccc(F)cc1)N1CCC[C@@H](CO)C1. The van der Waals surface area contributed by atoms with Gasteiger partial charge in [-0.15, -0.1) is 0 Å². The first-order valence-electron chi connectivity index (χ1n) is 5.86. The molecule has 17 heavy (non-hydrogen) atoms. The molecule has 1 aliphatic heterocycles. The summed E-state index contributed by atoms with van der Waals surface area (Å²) in [5.41, 5.74) is 0.505. The van der Waals surface area contributed by atoms with E-state index < -0.39 is 0 Å². The van der Waals surface area contributed by atoms with Gasteiger partial charge >= 0.3 is 0 Å². The number of rotatable bonds is 2. The molecule has 1 fully saturated rings. The summed E-state index contributed by atoms with van der Waals surface area (Å²) in [6, 6.07) is 5.59. The van der Waals surface area contributed by atoms with Crippen LogP contribution in [0.25, 0.3) is 0 Å². The minimum absolute atomic E-state index is 0.0804. The lowest BCUT2D eigenvalue weighted by atomic mass is 9.98. The lowest BCUT2D eigenvalue weighted by molar-refractivity contribution is 0.0620. The average Bonchev–Trinajstić information content (AvgIpc) is 2.39. The zero-order valence-corrected chi connectivity index (χ0v) is 9.60. The molecule has 1 heterocycles. The highest BCUT2D eigenvalue weighted by Crippen LogP contribution is 2.18. The molecule has 1 aromatic carbocycles. The highest BCUT2D eigenvalue weighted by Gasteiger charge is 2.23. The number of likely N-dealkylation sites (tertiary alicyclic amines) is 1. The summed E-state index contributed by atoms with van der Waals surface area (Å²) in [6.07, 6.45) is 1.88. The van der Waals surface area contributed by atoms with Gasteiger partial charge in [0.2, 0.25) is 0 Å². The third kappa shape index (κ3) is 2.82. The van der Waals surface area contributed by atoms with E-state index in [1.165, 1.54) is 24.3 Å². The molecule has 4 heteroatoms. The van der Waals surface area contributed by atoms with Crippen molar-refractivity contribution in [2.24, 2.45) is 5.92 Å². The summed E-state index contributed by atoms with van der Waals surface area (Å²) in [6.45, 7) is 1.42. The quantitative estimate of drug-likeness (QED) is 0.850. The number of nitrogens with zero attached hydrogens (tertiary/aromatic N) is 1. The molecule has 0 spiro atoms. The van der Waals surface area contributed by atoms with Crippen LogP contribution in [0.1, 0.15) is 23.2 Å². The molecule has 3 nitrogen and oxygen atoms in total. The van der Waals surface area contributed by atoms with Gasteiger partial charge < -0.3 is 10.0 Å². The molecule has 0 radical (unpaired) electrons. The number of hydrogen-bond donors (Lipinski definition) is 1. The van der Waals surface area contributed by atoms with E-state index in [0.29, 0.717) is 18.7 Å². The van der Waals surface area contributed by atoms with Crippen LogP contribution in [-0.2, 0) is 0 Å². The molecule has 1 amide bonds. The summed E-state index contributed by atoms with van der Waals surface area (Å²) in [5.74, 6) is -0.246. The molecule has 1 atom stereocenters. The second-order valence-corrected chi connectivity index (χ2v) is 4.45. The van der Waals surface area contributed by atoms with Gasteiger partial charge in [-0.2, -0.15) is 0 Å². The van der Waals surface area contributed by atoms with E-state index in [4.69, 9.17) is 5.11 Å². The van der Waals surface area contributed by atoms with E-state index in [2.05, 4.69) is 0 Å². The summed E-state index contributed by atoms with van der Waals surface area (Å²) in [4.78, 5) is 13.8. The Morgan fingerprint density at radius 3 is 2.76 bits per heavy atom. The monoisotopic (exact) mass is 237 g/mol. The third-order valence-electron chi connectivity index (χ3n) is 3.16. The standard InChI is InChI=1S/C13H16FNO2/c14-12-5-3-11(4-6-12)13(17)15-7-1-2-10(8-15)9-16/h3-6,10,16H,1-2,7-9H2/t10-/m1/s1. The molecular formula is C13H16FNO2. The molecule has 1 aliphatic rings. The van der Waals surface area contributed by atoms with Gasteiger partial charge in [0.05, 0.1) is 0 Å². The largest absolute Gasteiger partial charge is 0.396 e. The van der Waals surface area contributed by atoms with Crippen LogP contribution in [0.15, 0.2) is 24.3 Å². The lowest BCUT2D eigenvalue weighted by Gasteiger charge is -2.31. The van der Waals surface area contributed by atoms with Gasteiger partial charge in [0, 0.05) is 25.3 Å². The Labute approximate surface area is 99.9 Å². The minimum atomic E-state index is -0.339. The highest BCUT2D eigenvalue weighted by atomic mass is 19.1. The smallest absolute Gasteiger partial charge is 0.253 e. The van der Waals surface area contributed by atoms with Gasteiger partial charge in [-0.05, 0) is 43.0 Å². The number of carbonyl (C=O) groups is 1. The number of piperidine rings is 1. The molecule has 92 valence electrons. The maximum atomic E-state index is 12.8. The van der Waals surface area contributed by atoms with Crippen molar-refractivity contribution in [3.05, 3.63) is 35.6 Å². The van der Waals surface area contributed by atoms with E-state index in [9.17, 15) is 9.18 Å². The molecule has 1 saturated heterocycles. The Morgan fingerprint density at radius 1 is 1.41 bits per heavy atom. The number of aliphatic hydroxyl groups is 1. The van der Waals surface area contributed by atoms with Gasteiger partial charge in [-0.25, -0.2) is 4.39 Å². The summed E-state index contributed by atoms with van der Waals surface area (Å²) in [5, 5.41) is 9.11. The molecule has 1 N–H and O–H groups in total. The van der Waals surface area contributed by atoms with Gasteiger partial charge in [-0.3, -0.25) is 4.79 Å². The molecule has 2 rings (SSSR count). The molecule has 0 aliphatic carbocycles. The second kappa shape index (κ2) is 5.27. The third-order valence-corrected chi connectivity index (χ3v) is 3.16. The second-order valence-electron chi connectivity index (χ2n) is 4.45. The normalized spacial score (nSPS) is 20.4. The van der Waals surface area contributed by atoms with Crippen molar-refractivity contribution in [1.29, 1.82) is 0 Å². The number of aliphatic hydroxyl groups excluding tert-OH is 1. The zero-order valence-electron chi connectivity index (χ0n) is 9.60. The molecule has 0 saturated carbocycles. The van der Waals surface area contributed by atoms with E-state index >= 15 is 0 Å². The van der Waals surface area contributed by atoms with Crippen molar-refractivity contribution in [2.75, 3.05) is 19.7 Å². The van der Waals surface area contributed by atoms with E-state index in [-0.39, 0.29) is 24.2 Å². The Hall–Kier alpha value is -1.42. The van der Waals surface area contributed by atoms with Crippen LogP contribution in [0.4, 0.5) is 4.39 Å². The van der Waals surface area contributed by atoms with Gasteiger partial charge in [0.15, 0.2) is 0 Å². The van der Waals surface area contributed by atoms with Gasteiger partial charge in [-0.1, -0.05) is 0 Å². The summed E-state index contributed by atoms with van der Waals surface area (Å²) in [7, 11) is 0. The van der Waals surface area contributed by atoms with Crippen molar-refractivity contribution >= 4 is 5.91 Å². The molecular weight excluding hydrogens is 221 g/mol. The van der Waals surface area contributed by atoms with E-state index in [1.54, 1.807) is 4.90 Å². The van der Waals surface area contributed by atoms with Crippen LogP contribution in [-0.4, -0.2) is 35.6 Å². The fraction of sp³-hybridized carbons (Fsp3) is 0.462. The van der Waals surface area contributed by atoms with Crippen LogP contribution >= 0.6 is 0 Å². The van der Waals surface area contributed by atoms with E-state index in [0.717, 1.165) is 12.8 Å². The van der Waals surface area contributed by atoms with Crippen molar-refractivity contribution in [3.8, 4) is 0 Å². The molecule has 1 aromatic rings. The first-order chi connectivity index (χ1) is 8.20.